The lowest BCUT2D eigenvalue weighted by molar-refractivity contribution is -0.126. The summed E-state index contributed by atoms with van der Waals surface area (Å²) in [7, 11) is -0.744. The van der Waals surface area contributed by atoms with Crippen molar-refractivity contribution in [2.45, 2.75) is 17.7 Å². The highest BCUT2D eigenvalue weighted by Gasteiger charge is 2.27. The number of likely N-dealkylation sites (tertiary alicyclic amines) is 1. The van der Waals surface area contributed by atoms with Crippen molar-refractivity contribution < 1.29 is 27.5 Å². The summed E-state index contributed by atoms with van der Waals surface area (Å²) >= 11 is 0. The number of hydrogen-bond acceptors (Lipinski definition) is 6. The zero-order valence-electron chi connectivity index (χ0n) is 18.7. The molecular weight excluding hydrogens is 446 g/mol. The SMILES string of the molecule is COCCNC(=O)C1CCN(C(=O)c2ccc(NS(=O)(=O)c3cccc(OC)c3)cc2)CC1. The van der Waals surface area contributed by atoms with E-state index in [1.54, 1.807) is 48.4 Å². The van der Waals surface area contributed by atoms with Gasteiger partial charge in [0.25, 0.3) is 15.9 Å². The van der Waals surface area contributed by atoms with E-state index < -0.39 is 10.0 Å². The van der Waals surface area contributed by atoms with E-state index in [4.69, 9.17) is 9.47 Å². The number of hydrogen-bond donors (Lipinski definition) is 2. The first-order valence-corrected chi connectivity index (χ1v) is 12.1. The van der Waals surface area contributed by atoms with Crippen LogP contribution < -0.4 is 14.8 Å². The quantitative estimate of drug-likeness (QED) is 0.537. The third-order valence-electron chi connectivity index (χ3n) is 5.49. The molecule has 1 saturated heterocycles. The van der Waals surface area contributed by atoms with Crippen molar-refractivity contribution in [3.8, 4) is 5.75 Å². The van der Waals surface area contributed by atoms with E-state index in [1.807, 2.05) is 0 Å². The molecule has 1 fully saturated rings. The van der Waals surface area contributed by atoms with E-state index in [-0.39, 0.29) is 22.6 Å². The van der Waals surface area contributed by atoms with Crippen molar-refractivity contribution in [1.82, 2.24) is 10.2 Å². The summed E-state index contributed by atoms with van der Waals surface area (Å²) in [5.74, 6) is 0.177. The highest BCUT2D eigenvalue weighted by Crippen LogP contribution is 2.22. The predicted molar refractivity (Wildman–Crippen MR) is 124 cm³/mol. The molecule has 1 aliphatic rings. The Kier molecular flexibility index (Phi) is 8.29. The third kappa shape index (κ3) is 6.45. The molecular formula is C23H29N3O6S. The van der Waals surface area contributed by atoms with Gasteiger partial charge in [0.05, 0.1) is 18.6 Å². The van der Waals surface area contributed by atoms with Gasteiger partial charge in [-0.25, -0.2) is 8.42 Å². The molecule has 10 heteroatoms. The lowest BCUT2D eigenvalue weighted by Crippen LogP contribution is -2.43. The van der Waals surface area contributed by atoms with Crippen LogP contribution in [0.25, 0.3) is 0 Å². The molecule has 0 atom stereocenters. The molecule has 2 aromatic carbocycles. The fourth-order valence-corrected chi connectivity index (χ4v) is 4.70. The molecule has 178 valence electrons. The average Bonchev–Trinajstić information content (AvgIpc) is 2.84. The molecule has 0 radical (unpaired) electrons. The minimum Gasteiger partial charge on any atom is -0.497 e. The number of carbonyl (C=O) groups is 2. The number of methoxy groups -OCH3 is 2. The fraction of sp³-hybridized carbons (Fsp3) is 0.391. The minimum atomic E-state index is -3.79. The summed E-state index contributed by atoms with van der Waals surface area (Å²) in [5, 5.41) is 2.84. The standard InChI is InChI=1S/C23H29N3O6S/c1-31-15-12-24-22(27)17-10-13-26(14-11-17)23(28)18-6-8-19(9-7-18)25-33(29,30)21-5-3-4-20(16-21)32-2/h3-9,16-17,25H,10-15H2,1-2H3,(H,24,27). The molecule has 9 nitrogen and oxygen atoms in total. The first kappa shape index (κ1) is 24.5. The van der Waals surface area contributed by atoms with E-state index in [0.717, 1.165) is 0 Å². The van der Waals surface area contributed by atoms with Gasteiger partial charge >= 0.3 is 0 Å². The molecule has 0 aliphatic carbocycles. The lowest BCUT2D eigenvalue weighted by Gasteiger charge is -2.31. The smallest absolute Gasteiger partial charge is 0.262 e. The highest BCUT2D eigenvalue weighted by atomic mass is 32.2. The average molecular weight is 476 g/mol. The number of benzene rings is 2. The Labute approximate surface area is 194 Å². The second-order valence-electron chi connectivity index (χ2n) is 7.71. The van der Waals surface area contributed by atoms with Crippen LogP contribution in [0.2, 0.25) is 0 Å². The molecule has 1 aliphatic heterocycles. The summed E-state index contributed by atoms with van der Waals surface area (Å²) in [5.41, 5.74) is 0.808. The van der Waals surface area contributed by atoms with Crippen LogP contribution in [0.15, 0.2) is 53.4 Å². The maximum atomic E-state index is 12.8. The normalized spacial score (nSPS) is 14.5. The topological polar surface area (TPSA) is 114 Å². The maximum Gasteiger partial charge on any atom is 0.262 e. The van der Waals surface area contributed by atoms with Crippen LogP contribution >= 0.6 is 0 Å². The van der Waals surface area contributed by atoms with Crippen molar-refractivity contribution >= 4 is 27.5 Å². The Morgan fingerprint density at radius 2 is 1.76 bits per heavy atom. The Morgan fingerprint density at radius 1 is 1.06 bits per heavy atom. The van der Waals surface area contributed by atoms with Crippen LogP contribution in [0, 0.1) is 5.92 Å². The number of anilines is 1. The summed E-state index contributed by atoms with van der Waals surface area (Å²) < 4.78 is 37.8. The summed E-state index contributed by atoms with van der Waals surface area (Å²) in [4.78, 5) is 26.8. The molecule has 0 unspecified atom stereocenters. The molecule has 0 bridgehead atoms. The predicted octanol–water partition coefficient (Wildman–Crippen LogP) is 2.11. The lowest BCUT2D eigenvalue weighted by atomic mass is 9.95. The summed E-state index contributed by atoms with van der Waals surface area (Å²) in [6.45, 7) is 1.92. The van der Waals surface area contributed by atoms with Gasteiger partial charge in [-0.2, -0.15) is 0 Å². The molecule has 2 amide bonds. The molecule has 0 saturated carbocycles. The molecule has 2 N–H and O–H groups in total. The molecule has 3 rings (SSSR count). The van der Waals surface area contributed by atoms with Gasteiger partial charge in [0, 0.05) is 50.0 Å². The molecule has 0 spiro atoms. The molecule has 1 heterocycles. The zero-order valence-corrected chi connectivity index (χ0v) is 19.6. The van der Waals surface area contributed by atoms with Crippen molar-refractivity contribution in [2.24, 2.45) is 5.92 Å². The van der Waals surface area contributed by atoms with E-state index in [0.29, 0.717) is 56.1 Å². The number of piperidine rings is 1. The van der Waals surface area contributed by atoms with E-state index in [1.165, 1.54) is 19.2 Å². The highest BCUT2D eigenvalue weighted by molar-refractivity contribution is 7.92. The summed E-state index contributed by atoms with van der Waals surface area (Å²) in [6, 6.07) is 12.5. The van der Waals surface area contributed by atoms with Crippen LogP contribution in [0.4, 0.5) is 5.69 Å². The van der Waals surface area contributed by atoms with Crippen molar-refractivity contribution in [1.29, 1.82) is 0 Å². The van der Waals surface area contributed by atoms with Crippen LogP contribution in [-0.2, 0) is 19.6 Å². The van der Waals surface area contributed by atoms with Crippen LogP contribution in [0.3, 0.4) is 0 Å². The van der Waals surface area contributed by atoms with Gasteiger partial charge in [-0.05, 0) is 49.2 Å². The van der Waals surface area contributed by atoms with Gasteiger partial charge in [-0.15, -0.1) is 0 Å². The van der Waals surface area contributed by atoms with Crippen LogP contribution in [-0.4, -0.2) is 65.6 Å². The third-order valence-corrected chi connectivity index (χ3v) is 6.87. The van der Waals surface area contributed by atoms with Gasteiger partial charge < -0.3 is 19.7 Å². The number of rotatable bonds is 9. The van der Waals surface area contributed by atoms with Crippen LogP contribution in [0.5, 0.6) is 5.75 Å². The summed E-state index contributed by atoms with van der Waals surface area (Å²) in [6.07, 6.45) is 1.20. The van der Waals surface area contributed by atoms with E-state index in [9.17, 15) is 18.0 Å². The second kappa shape index (κ2) is 11.2. The fourth-order valence-electron chi connectivity index (χ4n) is 3.61. The van der Waals surface area contributed by atoms with Gasteiger partial charge in [0.1, 0.15) is 5.75 Å². The zero-order chi connectivity index (χ0) is 23.8. The molecule has 0 aromatic heterocycles. The number of nitrogens with zero attached hydrogens (tertiary/aromatic N) is 1. The minimum absolute atomic E-state index is 0.00757. The van der Waals surface area contributed by atoms with E-state index in [2.05, 4.69) is 10.0 Å². The van der Waals surface area contributed by atoms with Crippen molar-refractivity contribution in [3.63, 3.8) is 0 Å². The van der Waals surface area contributed by atoms with Gasteiger partial charge in [0.15, 0.2) is 0 Å². The number of ether oxygens (including phenoxy) is 2. The number of nitrogens with one attached hydrogen (secondary N) is 2. The molecule has 33 heavy (non-hydrogen) atoms. The Morgan fingerprint density at radius 3 is 2.39 bits per heavy atom. The Bertz CT molecular complexity index is 1060. The number of sulfonamides is 1. The monoisotopic (exact) mass is 475 g/mol. The van der Waals surface area contributed by atoms with Crippen molar-refractivity contribution in [2.75, 3.05) is 45.2 Å². The largest absolute Gasteiger partial charge is 0.497 e. The second-order valence-corrected chi connectivity index (χ2v) is 9.39. The Hall–Kier alpha value is -3.11. The first-order chi connectivity index (χ1) is 15.8. The number of amides is 2. The van der Waals surface area contributed by atoms with Gasteiger partial charge in [-0.1, -0.05) is 6.07 Å². The molecule has 2 aromatic rings. The van der Waals surface area contributed by atoms with Crippen molar-refractivity contribution in [3.05, 3.63) is 54.1 Å². The van der Waals surface area contributed by atoms with Crippen LogP contribution in [0.1, 0.15) is 23.2 Å². The number of carbonyl (C=O) groups excluding carboxylic acids is 2. The van der Waals surface area contributed by atoms with E-state index >= 15 is 0 Å². The Balaban J connectivity index is 1.57. The van der Waals surface area contributed by atoms with Gasteiger partial charge in [-0.3, -0.25) is 14.3 Å². The first-order valence-electron chi connectivity index (χ1n) is 10.7. The van der Waals surface area contributed by atoms with Gasteiger partial charge in [0.2, 0.25) is 5.91 Å². The maximum absolute atomic E-state index is 12.8.